The zero-order chi connectivity index (χ0) is 23.6. The highest BCUT2D eigenvalue weighted by molar-refractivity contribution is 7.98. The van der Waals surface area contributed by atoms with E-state index in [1.54, 1.807) is 24.4 Å². The second-order valence-corrected chi connectivity index (χ2v) is 9.10. The van der Waals surface area contributed by atoms with E-state index in [9.17, 15) is 40.3 Å². The Morgan fingerprint density at radius 1 is 1.00 bits per heavy atom. The maximum absolute atomic E-state index is 13.9. The van der Waals surface area contributed by atoms with Gasteiger partial charge in [0.05, 0.1) is 5.52 Å². The van der Waals surface area contributed by atoms with Crippen molar-refractivity contribution in [2.45, 2.75) is 16.7 Å². The van der Waals surface area contributed by atoms with Crippen LogP contribution in [0.2, 0.25) is 0 Å². The monoisotopic (exact) mass is 492 g/mol. The second-order valence-electron chi connectivity index (χ2n) is 6.42. The molecule has 32 heavy (non-hydrogen) atoms. The van der Waals surface area contributed by atoms with Crippen LogP contribution in [0.15, 0.2) is 41.4 Å². The molecule has 2 aromatic carbocycles. The van der Waals surface area contributed by atoms with Crippen LogP contribution in [-0.4, -0.2) is 36.3 Å². The fourth-order valence-corrected chi connectivity index (χ4v) is 5.26. The lowest BCUT2D eigenvalue weighted by molar-refractivity contribution is -0.138. The number of nitrogens with zero attached hydrogens (tertiary/aromatic N) is 1. The molecular formula is C19H13F5N2O4S2. The van der Waals surface area contributed by atoms with Gasteiger partial charge in [0.15, 0.2) is 28.2 Å². The fraction of sp³-hybridized carbons (Fsp3) is 0.158. The molecule has 1 aromatic heterocycles. The lowest BCUT2D eigenvalue weighted by Crippen LogP contribution is -2.43. The molecule has 2 N–H and O–H groups in total. The van der Waals surface area contributed by atoms with Crippen LogP contribution >= 0.6 is 11.8 Å². The number of fused-ring (bicyclic) bond motifs is 1. The first-order chi connectivity index (χ1) is 15.0. The van der Waals surface area contributed by atoms with Gasteiger partial charge >= 0.3 is 5.97 Å². The Bertz CT molecular complexity index is 1270. The lowest BCUT2D eigenvalue weighted by atomic mass is 10.1. The van der Waals surface area contributed by atoms with E-state index >= 15 is 0 Å². The maximum Gasteiger partial charge on any atom is 0.322 e. The highest BCUT2D eigenvalue weighted by atomic mass is 32.2. The summed E-state index contributed by atoms with van der Waals surface area (Å²) in [5.41, 5.74) is 1.37. The van der Waals surface area contributed by atoms with Gasteiger partial charge in [0.2, 0.25) is 15.8 Å². The quantitative estimate of drug-likeness (QED) is 0.284. The predicted octanol–water partition coefficient (Wildman–Crippen LogP) is 3.60. The van der Waals surface area contributed by atoms with Crippen molar-refractivity contribution in [3.8, 4) is 0 Å². The Morgan fingerprint density at radius 3 is 2.22 bits per heavy atom. The number of nitrogens with one attached hydrogen (secondary N) is 1. The molecule has 1 unspecified atom stereocenters. The molecule has 0 bridgehead atoms. The van der Waals surface area contributed by atoms with E-state index < -0.39 is 61.8 Å². The molecule has 13 heteroatoms. The Balaban J connectivity index is 1.81. The van der Waals surface area contributed by atoms with Gasteiger partial charge in [0, 0.05) is 23.1 Å². The highest BCUT2D eigenvalue weighted by Crippen LogP contribution is 2.27. The Labute approximate surface area is 182 Å². The van der Waals surface area contributed by atoms with Gasteiger partial charge in [-0.2, -0.15) is 16.5 Å². The van der Waals surface area contributed by atoms with E-state index in [4.69, 9.17) is 0 Å². The molecule has 0 fully saturated rings. The van der Waals surface area contributed by atoms with Gasteiger partial charge in [-0.15, -0.1) is 0 Å². The van der Waals surface area contributed by atoms with Crippen molar-refractivity contribution in [2.24, 2.45) is 0 Å². The van der Waals surface area contributed by atoms with Crippen molar-refractivity contribution in [1.29, 1.82) is 0 Å². The minimum Gasteiger partial charge on any atom is -0.480 e. The number of hydrogen-bond donors (Lipinski definition) is 2. The number of benzene rings is 2. The third kappa shape index (κ3) is 4.69. The van der Waals surface area contributed by atoms with Gasteiger partial charge in [0.25, 0.3) is 0 Å². The SMILES string of the molecule is O=C(O)C(CSCc1cccc2cccnc12)NS(=O)(=O)c1c(F)c(F)c(F)c(F)c1F. The molecule has 1 heterocycles. The normalized spacial score (nSPS) is 12.8. The number of aliphatic carboxylic acids is 1. The van der Waals surface area contributed by atoms with E-state index in [1.165, 1.54) is 4.72 Å². The molecule has 0 radical (unpaired) electrons. The summed E-state index contributed by atoms with van der Waals surface area (Å²) in [6.45, 7) is 0. The molecule has 0 aliphatic heterocycles. The van der Waals surface area contributed by atoms with Gasteiger partial charge in [0.1, 0.15) is 6.04 Å². The summed E-state index contributed by atoms with van der Waals surface area (Å²) < 4.78 is 93.7. The van der Waals surface area contributed by atoms with Crippen molar-refractivity contribution in [2.75, 3.05) is 5.75 Å². The third-order valence-electron chi connectivity index (χ3n) is 4.29. The third-order valence-corrected chi connectivity index (χ3v) is 6.87. The van der Waals surface area contributed by atoms with Crippen LogP contribution in [-0.2, 0) is 20.6 Å². The maximum atomic E-state index is 13.9. The van der Waals surface area contributed by atoms with Crippen molar-refractivity contribution in [1.82, 2.24) is 9.71 Å². The lowest BCUT2D eigenvalue weighted by Gasteiger charge is -2.16. The molecule has 0 aliphatic carbocycles. The summed E-state index contributed by atoms with van der Waals surface area (Å²) in [4.78, 5) is 13.6. The van der Waals surface area contributed by atoms with Gasteiger partial charge in [-0.25, -0.2) is 30.4 Å². The summed E-state index contributed by atoms with van der Waals surface area (Å²) in [7, 11) is -5.41. The molecule has 3 rings (SSSR count). The van der Waals surface area contributed by atoms with Crippen molar-refractivity contribution < 1.29 is 40.3 Å². The number of thioether (sulfide) groups is 1. The van der Waals surface area contributed by atoms with Crippen LogP contribution in [0, 0.1) is 29.1 Å². The van der Waals surface area contributed by atoms with Crippen molar-refractivity contribution >= 4 is 38.7 Å². The molecule has 0 amide bonds. The number of rotatable bonds is 8. The van der Waals surface area contributed by atoms with Crippen LogP contribution in [0.3, 0.4) is 0 Å². The molecule has 170 valence electrons. The predicted molar refractivity (Wildman–Crippen MR) is 106 cm³/mol. The number of halogens is 5. The topological polar surface area (TPSA) is 96.4 Å². The van der Waals surface area contributed by atoms with Crippen LogP contribution in [0.5, 0.6) is 0 Å². The fourth-order valence-electron chi connectivity index (χ4n) is 2.79. The number of para-hydroxylation sites is 1. The average molecular weight is 492 g/mol. The first kappa shape index (κ1) is 23.9. The average Bonchev–Trinajstić information content (AvgIpc) is 2.75. The number of aromatic nitrogens is 1. The highest BCUT2D eigenvalue weighted by Gasteiger charge is 2.36. The number of carbonyl (C=O) groups is 1. The smallest absolute Gasteiger partial charge is 0.322 e. The molecule has 6 nitrogen and oxygen atoms in total. The van der Waals surface area contributed by atoms with E-state index in [2.05, 4.69) is 4.98 Å². The minimum absolute atomic E-state index is 0.211. The van der Waals surface area contributed by atoms with Gasteiger partial charge in [-0.3, -0.25) is 9.78 Å². The van der Waals surface area contributed by atoms with E-state index in [-0.39, 0.29) is 5.75 Å². The Morgan fingerprint density at radius 2 is 1.59 bits per heavy atom. The molecular weight excluding hydrogens is 479 g/mol. The molecule has 1 atom stereocenters. The number of sulfonamides is 1. The Kier molecular flexibility index (Phi) is 7.00. The number of carboxylic acids is 1. The summed E-state index contributed by atoms with van der Waals surface area (Å²) in [5.74, 6) is -14.5. The van der Waals surface area contributed by atoms with Crippen molar-refractivity contribution in [3.63, 3.8) is 0 Å². The number of carboxylic acid groups (broad SMARTS) is 1. The van der Waals surface area contributed by atoms with E-state index in [0.29, 0.717) is 5.52 Å². The van der Waals surface area contributed by atoms with Crippen LogP contribution in [0.4, 0.5) is 22.0 Å². The van der Waals surface area contributed by atoms with E-state index in [1.807, 2.05) is 12.1 Å². The van der Waals surface area contributed by atoms with Gasteiger partial charge < -0.3 is 5.11 Å². The van der Waals surface area contributed by atoms with Crippen LogP contribution in [0.25, 0.3) is 10.9 Å². The van der Waals surface area contributed by atoms with E-state index in [0.717, 1.165) is 22.7 Å². The first-order valence-electron chi connectivity index (χ1n) is 8.71. The van der Waals surface area contributed by atoms with Crippen LogP contribution in [0.1, 0.15) is 5.56 Å². The summed E-state index contributed by atoms with van der Waals surface area (Å²) >= 11 is 0.967. The molecule has 0 saturated heterocycles. The zero-order valence-electron chi connectivity index (χ0n) is 15.8. The summed E-state index contributed by atoms with van der Waals surface area (Å²) in [6.07, 6.45) is 1.56. The zero-order valence-corrected chi connectivity index (χ0v) is 17.4. The molecule has 0 spiro atoms. The van der Waals surface area contributed by atoms with Crippen LogP contribution < -0.4 is 4.72 Å². The number of pyridine rings is 1. The van der Waals surface area contributed by atoms with Crippen molar-refractivity contribution in [3.05, 3.63) is 71.2 Å². The first-order valence-corrected chi connectivity index (χ1v) is 11.3. The largest absolute Gasteiger partial charge is 0.480 e. The second kappa shape index (κ2) is 9.38. The minimum atomic E-state index is -5.41. The molecule has 0 saturated carbocycles. The van der Waals surface area contributed by atoms with Gasteiger partial charge in [-0.1, -0.05) is 24.3 Å². The summed E-state index contributed by atoms with van der Waals surface area (Å²) in [5, 5.41) is 10.1. The summed E-state index contributed by atoms with van der Waals surface area (Å²) in [6, 6.07) is 6.93. The number of hydrogen-bond acceptors (Lipinski definition) is 5. The Hall–Kier alpha value is -2.77. The standard InChI is InChI=1S/C19H13F5N2O4S2/c20-12-13(21)15(23)18(16(24)14(12)22)32(29,30)26-11(19(27)28)8-31-7-10-4-1-3-9-5-2-6-25-17(9)10/h1-6,11,26H,7-8H2,(H,27,28). The molecule has 0 aliphatic rings. The van der Waals surface area contributed by atoms with Gasteiger partial charge in [-0.05, 0) is 11.6 Å². The molecule has 3 aromatic rings.